The summed E-state index contributed by atoms with van der Waals surface area (Å²) in [6.07, 6.45) is 3.70. The number of H-pyrrole nitrogens is 1. The van der Waals surface area contributed by atoms with E-state index in [0.717, 1.165) is 55.4 Å². The molecule has 4 rings (SSSR count). The summed E-state index contributed by atoms with van der Waals surface area (Å²) in [6, 6.07) is 9.73. The summed E-state index contributed by atoms with van der Waals surface area (Å²) < 4.78 is 0. The van der Waals surface area contributed by atoms with Gasteiger partial charge in [0.05, 0.1) is 16.8 Å². The van der Waals surface area contributed by atoms with E-state index in [-0.39, 0.29) is 16.5 Å². The highest BCUT2D eigenvalue weighted by atomic mass is 16.3. The molecule has 0 unspecified atom stereocenters. The number of aromatic nitrogens is 1. The van der Waals surface area contributed by atoms with Gasteiger partial charge in [-0.3, -0.25) is 4.79 Å². The average molecular weight is 323 g/mol. The van der Waals surface area contributed by atoms with Gasteiger partial charge >= 0.3 is 0 Å². The fourth-order valence-corrected chi connectivity index (χ4v) is 4.78. The second-order valence-electron chi connectivity index (χ2n) is 7.67. The molecule has 1 aliphatic heterocycles. The summed E-state index contributed by atoms with van der Waals surface area (Å²) in [7, 11) is 0. The Balaban J connectivity index is 1.70. The topological polar surface area (TPSA) is 80.1 Å². The zero-order valence-corrected chi connectivity index (χ0v) is 13.8. The highest BCUT2D eigenvalue weighted by Gasteiger charge is 2.51. The standard InChI is InChI=1S/C19H21N3O2/c1-18(24)11-19(12-18)6-8-22(9-7-19)16-13-4-2-3-5-15(13)21-17(23)14(16)10-20/h2-5,24H,6-9,11-12H2,1H3,(H,21,23). The van der Waals surface area contributed by atoms with Gasteiger partial charge < -0.3 is 15.0 Å². The minimum atomic E-state index is -0.517. The number of para-hydroxylation sites is 1. The SMILES string of the molecule is CC1(O)CC2(CCN(c3c(C#N)c(=O)[nH]c4ccccc34)CC2)C1. The molecule has 5 nitrogen and oxygen atoms in total. The van der Waals surface area contributed by atoms with E-state index in [1.54, 1.807) is 0 Å². The molecule has 2 aliphatic rings. The number of anilines is 1. The monoisotopic (exact) mass is 323 g/mol. The number of aliphatic hydroxyl groups is 1. The summed E-state index contributed by atoms with van der Waals surface area (Å²) in [5, 5.41) is 20.5. The van der Waals surface area contributed by atoms with Crippen molar-refractivity contribution in [1.82, 2.24) is 4.98 Å². The Labute approximate surface area is 140 Å². The van der Waals surface area contributed by atoms with Gasteiger partial charge in [-0.2, -0.15) is 5.26 Å². The van der Waals surface area contributed by atoms with Crippen molar-refractivity contribution in [2.45, 2.75) is 38.2 Å². The predicted molar refractivity (Wildman–Crippen MR) is 93.0 cm³/mol. The lowest BCUT2D eigenvalue weighted by Crippen LogP contribution is -2.55. The molecule has 1 aromatic carbocycles. The van der Waals surface area contributed by atoms with E-state index in [2.05, 4.69) is 16.0 Å². The van der Waals surface area contributed by atoms with Gasteiger partial charge in [0.25, 0.3) is 5.56 Å². The number of hydrogen-bond donors (Lipinski definition) is 2. The quantitative estimate of drug-likeness (QED) is 0.845. The third kappa shape index (κ3) is 2.30. The third-order valence-electron chi connectivity index (χ3n) is 5.66. The number of nitriles is 1. The van der Waals surface area contributed by atoms with Gasteiger partial charge in [0.15, 0.2) is 0 Å². The minimum absolute atomic E-state index is 0.199. The van der Waals surface area contributed by atoms with Crippen molar-refractivity contribution in [1.29, 1.82) is 5.26 Å². The minimum Gasteiger partial charge on any atom is -0.390 e. The number of benzene rings is 1. The molecular weight excluding hydrogens is 302 g/mol. The van der Waals surface area contributed by atoms with E-state index in [9.17, 15) is 15.2 Å². The summed E-state index contributed by atoms with van der Waals surface area (Å²) in [4.78, 5) is 17.2. The summed E-state index contributed by atoms with van der Waals surface area (Å²) >= 11 is 0. The number of piperidine rings is 1. The van der Waals surface area contributed by atoms with Crippen LogP contribution in [-0.4, -0.2) is 28.8 Å². The first-order valence-corrected chi connectivity index (χ1v) is 8.46. The van der Waals surface area contributed by atoms with E-state index in [1.165, 1.54) is 0 Å². The van der Waals surface area contributed by atoms with Crippen LogP contribution in [0.3, 0.4) is 0 Å². The lowest BCUT2D eigenvalue weighted by molar-refractivity contribution is -0.124. The largest absolute Gasteiger partial charge is 0.390 e. The lowest BCUT2D eigenvalue weighted by Gasteiger charge is -2.56. The molecule has 2 N–H and O–H groups in total. The van der Waals surface area contributed by atoms with Crippen molar-refractivity contribution in [2.24, 2.45) is 5.41 Å². The highest BCUT2D eigenvalue weighted by Crippen LogP contribution is 2.55. The van der Waals surface area contributed by atoms with Crippen molar-refractivity contribution in [3.63, 3.8) is 0 Å². The van der Waals surface area contributed by atoms with Crippen LogP contribution in [0.25, 0.3) is 10.9 Å². The Kier molecular flexibility index (Phi) is 3.23. The lowest BCUT2D eigenvalue weighted by atomic mass is 9.56. The number of nitrogens with zero attached hydrogens (tertiary/aromatic N) is 2. The number of fused-ring (bicyclic) bond motifs is 1. The van der Waals surface area contributed by atoms with E-state index in [1.807, 2.05) is 31.2 Å². The maximum atomic E-state index is 12.3. The number of nitrogens with one attached hydrogen (secondary N) is 1. The smallest absolute Gasteiger partial charge is 0.268 e. The van der Waals surface area contributed by atoms with Gasteiger partial charge in [0, 0.05) is 18.5 Å². The van der Waals surface area contributed by atoms with Crippen molar-refractivity contribution in [3.8, 4) is 6.07 Å². The third-order valence-corrected chi connectivity index (χ3v) is 5.66. The second kappa shape index (κ2) is 5.09. The predicted octanol–water partition coefficient (Wildman–Crippen LogP) is 2.53. The van der Waals surface area contributed by atoms with Crippen molar-refractivity contribution in [3.05, 3.63) is 40.2 Å². The molecule has 5 heteroatoms. The summed E-state index contributed by atoms with van der Waals surface area (Å²) in [5.74, 6) is 0. The van der Waals surface area contributed by atoms with Crippen LogP contribution in [0, 0.1) is 16.7 Å². The fraction of sp³-hybridized carbons (Fsp3) is 0.474. The molecule has 0 amide bonds. The Hall–Kier alpha value is -2.32. The number of rotatable bonds is 1. The Bertz CT molecular complexity index is 889. The van der Waals surface area contributed by atoms with Crippen LogP contribution in [0.2, 0.25) is 0 Å². The van der Waals surface area contributed by atoms with Gasteiger partial charge in [-0.1, -0.05) is 18.2 Å². The molecule has 24 heavy (non-hydrogen) atoms. The van der Waals surface area contributed by atoms with Gasteiger partial charge in [-0.15, -0.1) is 0 Å². The fourth-order valence-electron chi connectivity index (χ4n) is 4.78. The van der Waals surface area contributed by atoms with Crippen LogP contribution < -0.4 is 10.5 Å². The molecule has 0 atom stereocenters. The molecule has 1 aliphatic carbocycles. The van der Waals surface area contributed by atoms with Gasteiger partial charge in [-0.05, 0) is 44.1 Å². The zero-order chi connectivity index (χ0) is 16.9. The van der Waals surface area contributed by atoms with Crippen molar-refractivity contribution < 1.29 is 5.11 Å². The number of pyridine rings is 1. The number of aromatic amines is 1. The van der Waals surface area contributed by atoms with E-state index < -0.39 is 5.60 Å². The van der Waals surface area contributed by atoms with Gasteiger partial charge in [0.1, 0.15) is 11.6 Å². The van der Waals surface area contributed by atoms with E-state index in [4.69, 9.17) is 0 Å². The second-order valence-corrected chi connectivity index (χ2v) is 7.67. The Morgan fingerprint density at radius 2 is 1.92 bits per heavy atom. The normalized spacial score (nSPS) is 21.5. The number of hydrogen-bond acceptors (Lipinski definition) is 4. The summed E-state index contributed by atoms with van der Waals surface area (Å²) in [6.45, 7) is 3.54. The molecule has 1 aromatic heterocycles. The molecule has 1 spiro atoms. The van der Waals surface area contributed by atoms with Gasteiger partial charge in [-0.25, -0.2) is 0 Å². The molecule has 0 radical (unpaired) electrons. The maximum Gasteiger partial charge on any atom is 0.268 e. The first-order chi connectivity index (χ1) is 11.4. The van der Waals surface area contributed by atoms with Crippen LogP contribution in [0.4, 0.5) is 5.69 Å². The Morgan fingerprint density at radius 3 is 2.54 bits per heavy atom. The van der Waals surface area contributed by atoms with Crippen molar-refractivity contribution >= 4 is 16.6 Å². The van der Waals surface area contributed by atoms with E-state index >= 15 is 0 Å². The molecule has 1 saturated carbocycles. The molecule has 124 valence electrons. The Morgan fingerprint density at radius 1 is 1.25 bits per heavy atom. The molecule has 2 heterocycles. The van der Waals surface area contributed by atoms with Gasteiger partial charge in [0.2, 0.25) is 0 Å². The molecule has 2 aromatic rings. The maximum absolute atomic E-state index is 12.3. The average Bonchev–Trinajstić information content (AvgIpc) is 2.52. The molecule has 2 fully saturated rings. The van der Waals surface area contributed by atoms with Crippen LogP contribution in [-0.2, 0) is 0 Å². The highest BCUT2D eigenvalue weighted by molar-refractivity contribution is 5.94. The van der Waals surface area contributed by atoms with Crippen LogP contribution in [0.15, 0.2) is 29.1 Å². The summed E-state index contributed by atoms with van der Waals surface area (Å²) in [5.41, 5.74) is 1.13. The van der Waals surface area contributed by atoms with Crippen LogP contribution >= 0.6 is 0 Å². The first kappa shape index (κ1) is 15.2. The first-order valence-electron chi connectivity index (χ1n) is 8.46. The zero-order valence-electron chi connectivity index (χ0n) is 13.8. The van der Waals surface area contributed by atoms with E-state index in [0.29, 0.717) is 0 Å². The van der Waals surface area contributed by atoms with Crippen LogP contribution in [0.1, 0.15) is 38.2 Å². The van der Waals surface area contributed by atoms with Crippen LogP contribution in [0.5, 0.6) is 0 Å². The molecule has 1 saturated heterocycles. The molecule has 0 bridgehead atoms. The molecular formula is C19H21N3O2. The van der Waals surface area contributed by atoms with Crippen molar-refractivity contribution in [2.75, 3.05) is 18.0 Å².